The van der Waals surface area contributed by atoms with E-state index in [4.69, 9.17) is 4.74 Å². The quantitative estimate of drug-likeness (QED) is 0.670. The standard InChI is InChI=1S/C15H21N3O4/c1-15(2,3)22-14(19)17-9-8-16-10-13(17)11-4-6-12(7-5-11)18(20)21/h4-7,13,16H,8-10H2,1-3H3. The summed E-state index contributed by atoms with van der Waals surface area (Å²) in [5, 5.41) is 14.0. The van der Waals surface area contributed by atoms with E-state index in [2.05, 4.69) is 5.32 Å². The maximum absolute atomic E-state index is 12.3. The second-order valence-corrected chi connectivity index (χ2v) is 6.24. The average molecular weight is 307 g/mol. The van der Waals surface area contributed by atoms with Crippen molar-refractivity contribution in [3.8, 4) is 0 Å². The molecule has 0 bridgehead atoms. The van der Waals surface area contributed by atoms with E-state index < -0.39 is 10.5 Å². The molecule has 1 fully saturated rings. The Morgan fingerprint density at radius 1 is 1.36 bits per heavy atom. The number of carbonyl (C=O) groups excluding carboxylic acids is 1. The Hall–Kier alpha value is -2.15. The lowest BCUT2D eigenvalue weighted by Gasteiger charge is -2.37. The number of hydrogen-bond acceptors (Lipinski definition) is 5. The molecule has 0 aliphatic carbocycles. The molecule has 0 saturated carbocycles. The molecule has 1 aliphatic rings. The van der Waals surface area contributed by atoms with Crippen LogP contribution in [0.15, 0.2) is 24.3 Å². The number of amides is 1. The van der Waals surface area contributed by atoms with Crippen molar-refractivity contribution in [1.82, 2.24) is 10.2 Å². The predicted molar refractivity (Wildman–Crippen MR) is 81.6 cm³/mol. The van der Waals surface area contributed by atoms with Gasteiger partial charge in [0.25, 0.3) is 5.69 Å². The van der Waals surface area contributed by atoms with Crippen molar-refractivity contribution >= 4 is 11.8 Å². The Kier molecular flexibility index (Phi) is 4.65. The molecule has 7 heteroatoms. The first kappa shape index (κ1) is 16.2. The van der Waals surface area contributed by atoms with Crippen molar-refractivity contribution in [3.63, 3.8) is 0 Å². The Bertz CT molecular complexity index is 551. The molecule has 1 amide bonds. The molecule has 1 aliphatic heterocycles. The molecule has 22 heavy (non-hydrogen) atoms. The number of nitrogens with one attached hydrogen (secondary N) is 1. The van der Waals surface area contributed by atoms with E-state index in [0.717, 1.165) is 5.56 Å². The zero-order valence-electron chi connectivity index (χ0n) is 13.0. The number of carbonyl (C=O) groups is 1. The van der Waals surface area contributed by atoms with Crippen LogP contribution in [0.4, 0.5) is 10.5 Å². The summed E-state index contributed by atoms with van der Waals surface area (Å²) in [6.07, 6.45) is -0.364. The molecule has 2 rings (SSSR count). The number of nitrogens with zero attached hydrogens (tertiary/aromatic N) is 2. The first-order valence-electron chi connectivity index (χ1n) is 7.22. The van der Waals surface area contributed by atoms with Gasteiger partial charge in [-0.15, -0.1) is 0 Å². The molecule has 1 heterocycles. The van der Waals surface area contributed by atoms with Gasteiger partial charge in [0.2, 0.25) is 0 Å². The van der Waals surface area contributed by atoms with Crippen LogP contribution in [0.3, 0.4) is 0 Å². The lowest BCUT2D eigenvalue weighted by atomic mass is 10.0. The Morgan fingerprint density at radius 3 is 2.55 bits per heavy atom. The molecule has 1 N–H and O–H groups in total. The molecule has 120 valence electrons. The first-order chi connectivity index (χ1) is 10.3. The summed E-state index contributed by atoms with van der Waals surface area (Å²) >= 11 is 0. The van der Waals surface area contributed by atoms with Gasteiger partial charge in [0.15, 0.2) is 0 Å². The van der Waals surface area contributed by atoms with Crippen molar-refractivity contribution in [2.75, 3.05) is 19.6 Å². The zero-order valence-corrected chi connectivity index (χ0v) is 13.0. The van der Waals surface area contributed by atoms with E-state index in [-0.39, 0.29) is 17.8 Å². The van der Waals surface area contributed by atoms with Gasteiger partial charge in [0, 0.05) is 31.8 Å². The molecule has 0 spiro atoms. The maximum Gasteiger partial charge on any atom is 0.410 e. The minimum atomic E-state index is -0.554. The van der Waals surface area contributed by atoms with Gasteiger partial charge in [-0.1, -0.05) is 12.1 Å². The van der Waals surface area contributed by atoms with Gasteiger partial charge in [0.1, 0.15) is 5.60 Å². The third kappa shape index (κ3) is 3.94. The third-order valence-electron chi connectivity index (χ3n) is 3.36. The van der Waals surface area contributed by atoms with Crippen LogP contribution in [-0.4, -0.2) is 41.2 Å². The van der Waals surface area contributed by atoms with Gasteiger partial charge >= 0.3 is 6.09 Å². The van der Waals surface area contributed by atoms with Crippen molar-refractivity contribution in [3.05, 3.63) is 39.9 Å². The fraction of sp³-hybridized carbons (Fsp3) is 0.533. The third-order valence-corrected chi connectivity index (χ3v) is 3.36. The second-order valence-electron chi connectivity index (χ2n) is 6.24. The number of nitro groups is 1. The average Bonchev–Trinajstić information content (AvgIpc) is 2.45. The SMILES string of the molecule is CC(C)(C)OC(=O)N1CCNCC1c1ccc([N+](=O)[O-])cc1. The van der Waals surface area contributed by atoms with Crippen LogP contribution < -0.4 is 5.32 Å². The van der Waals surface area contributed by atoms with Crippen molar-refractivity contribution in [2.45, 2.75) is 32.4 Å². The van der Waals surface area contributed by atoms with Crippen LogP contribution in [0.2, 0.25) is 0 Å². The number of rotatable bonds is 2. The summed E-state index contributed by atoms with van der Waals surface area (Å²) in [6.45, 7) is 7.31. The highest BCUT2D eigenvalue weighted by Gasteiger charge is 2.31. The van der Waals surface area contributed by atoms with Crippen molar-refractivity contribution in [2.24, 2.45) is 0 Å². The van der Waals surface area contributed by atoms with Gasteiger partial charge in [-0.3, -0.25) is 15.0 Å². The predicted octanol–water partition coefficient (Wildman–Crippen LogP) is 2.48. The van der Waals surface area contributed by atoms with Crippen LogP contribution >= 0.6 is 0 Å². The van der Waals surface area contributed by atoms with Gasteiger partial charge in [-0.05, 0) is 26.3 Å². The summed E-state index contributed by atoms with van der Waals surface area (Å²) in [7, 11) is 0. The number of hydrogen-bond donors (Lipinski definition) is 1. The summed E-state index contributed by atoms with van der Waals surface area (Å²) < 4.78 is 5.44. The van der Waals surface area contributed by atoms with Crippen LogP contribution in [0.5, 0.6) is 0 Å². The largest absolute Gasteiger partial charge is 0.444 e. The van der Waals surface area contributed by atoms with Crippen molar-refractivity contribution in [1.29, 1.82) is 0 Å². The fourth-order valence-electron chi connectivity index (χ4n) is 2.36. The summed E-state index contributed by atoms with van der Waals surface area (Å²) in [5.74, 6) is 0. The second kappa shape index (κ2) is 6.31. The Balaban J connectivity index is 2.19. The molecule has 1 aromatic carbocycles. The molecule has 1 saturated heterocycles. The highest BCUT2D eigenvalue weighted by molar-refractivity contribution is 5.69. The molecule has 1 unspecified atom stereocenters. The molecule has 1 aromatic rings. The summed E-state index contributed by atoms with van der Waals surface area (Å²) in [6, 6.07) is 6.10. The molecule has 0 radical (unpaired) electrons. The first-order valence-corrected chi connectivity index (χ1v) is 7.22. The maximum atomic E-state index is 12.3. The summed E-state index contributed by atoms with van der Waals surface area (Å²) in [4.78, 5) is 24.3. The normalized spacial score (nSPS) is 18.9. The number of piperazine rings is 1. The number of ether oxygens (including phenoxy) is 1. The van der Waals surface area contributed by atoms with E-state index in [1.807, 2.05) is 20.8 Å². The molecule has 7 nitrogen and oxygen atoms in total. The molecular weight excluding hydrogens is 286 g/mol. The lowest BCUT2D eigenvalue weighted by Crippen LogP contribution is -2.50. The van der Waals surface area contributed by atoms with E-state index >= 15 is 0 Å². The van der Waals surface area contributed by atoms with E-state index in [0.29, 0.717) is 19.6 Å². The minimum absolute atomic E-state index is 0.0383. The summed E-state index contributed by atoms with van der Waals surface area (Å²) in [5.41, 5.74) is 0.335. The Labute approximate surface area is 129 Å². The van der Waals surface area contributed by atoms with Gasteiger partial charge < -0.3 is 10.1 Å². The molecule has 0 aromatic heterocycles. The van der Waals surface area contributed by atoms with Crippen LogP contribution in [0.25, 0.3) is 0 Å². The van der Waals surface area contributed by atoms with Crippen LogP contribution in [0, 0.1) is 10.1 Å². The van der Waals surface area contributed by atoms with Crippen molar-refractivity contribution < 1.29 is 14.5 Å². The van der Waals surface area contributed by atoms with Crippen LogP contribution in [-0.2, 0) is 4.74 Å². The zero-order chi connectivity index (χ0) is 16.3. The highest BCUT2D eigenvalue weighted by atomic mass is 16.6. The topological polar surface area (TPSA) is 84.7 Å². The Morgan fingerprint density at radius 2 is 2.00 bits per heavy atom. The van der Waals surface area contributed by atoms with E-state index in [1.54, 1.807) is 17.0 Å². The fourth-order valence-corrected chi connectivity index (χ4v) is 2.36. The van der Waals surface area contributed by atoms with E-state index in [1.165, 1.54) is 12.1 Å². The molecule has 1 atom stereocenters. The number of nitro benzene ring substituents is 1. The van der Waals surface area contributed by atoms with Gasteiger partial charge in [-0.25, -0.2) is 4.79 Å². The lowest BCUT2D eigenvalue weighted by molar-refractivity contribution is -0.384. The highest BCUT2D eigenvalue weighted by Crippen LogP contribution is 2.26. The minimum Gasteiger partial charge on any atom is -0.444 e. The van der Waals surface area contributed by atoms with Crippen LogP contribution in [0.1, 0.15) is 32.4 Å². The van der Waals surface area contributed by atoms with Gasteiger partial charge in [-0.2, -0.15) is 0 Å². The number of non-ortho nitro benzene ring substituents is 1. The monoisotopic (exact) mass is 307 g/mol. The smallest absolute Gasteiger partial charge is 0.410 e. The number of benzene rings is 1. The van der Waals surface area contributed by atoms with E-state index in [9.17, 15) is 14.9 Å². The molecular formula is C15H21N3O4. The van der Waals surface area contributed by atoms with Gasteiger partial charge in [0.05, 0.1) is 11.0 Å².